The molecule has 0 saturated carbocycles. The zero-order valence-electron chi connectivity index (χ0n) is 30.3. The lowest BCUT2D eigenvalue weighted by molar-refractivity contribution is 0.752. The second-order valence-electron chi connectivity index (χ2n) is 13.4. The lowest BCUT2D eigenvalue weighted by atomic mass is 9.89. The summed E-state index contributed by atoms with van der Waals surface area (Å²) in [4.78, 5) is 11.9. The van der Waals surface area contributed by atoms with Crippen molar-refractivity contribution < 1.29 is 0 Å². The van der Waals surface area contributed by atoms with Gasteiger partial charge in [0.25, 0.3) is 0 Å². The molecular weight excluding hydrogens is 667 g/mol. The molecule has 2 N–H and O–H groups in total. The molecule has 8 rings (SSSR count). The Labute approximate surface area is 314 Å². The molecule has 0 amide bonds. The Morgan fingerprint density at radius 2 is 1.68 bits per heavy atom. The first-order valence-corrected chi connectivity index (χ1v) is 18.7. The van der Waals surface area contributed by atoms with Crippen LogP contribution in [0.5, 0.6) is 0 Å². The molecule has 4 heterocycles. The van der Waals surface area contributed by atoms with Crippen LogP contribution in [0.2, 0.25) is 0 Å². The number of allylic oxidation sites excluding steroid dienone is 9. The molecule has 0 spiro atoms. The molecule has 1 aliphatic carbocycles. The maximum atomic E-state index is 7.20. The number of pyridine rings is 2. The molecule has 0 saturated heterocycles. The van der Waals surface area contributed by atoms with Gasteiger partial charge in [-0.2, -0.15) is 0 Å². The van der Waals surface area contributed by atoms with Gasteiger partial charge in [-0.25, -0.2) is 0 Å². The Kier molecular flexibility index (Phi) is 8.99. The van der Waals surface area contributed by atoms with E-state index in [1.165, 1.54) is 25.7 Å². The maximum Gasteiger partial charge on any atom is 0.0737 e. The highest BCUT2D eigenvalue weighted by Gasteiger charge is 2.25. The van der Waals surface area contributed by atoms with Crippen molar-refractivity contribution in [3.63, 3.8) is 0 Å². The van der Waals surface area contributed by atoms with Gasteiger partial charge in [0.2, 0.25) is 0 Å². The van der Waals surface area contributed by atoms with E-state index in [4.69, 9.17) is 15.7 Å². The van der Waals surface area contributed by atoms with Crippen LogP contribution >= 0.6 is 11.3 Å². The average molecular weight is 708 g/mol. The second kappa shape index (κ2) is 14.1. The number of nitrogens with zero attached hydrogens (tertiary/aromatic N) is 4. The van der Waals surface area contributed by atoms with Crippen molar-refractivity contribution in [2.45, 2.75) is 20.3 Å². The highest BCUT2D eigenvalue weighted by molar-refractivity contribution is 7.27. The number of fused-ring (bicyclic) bond motifs is 5. The van der Waals surface area contributed by atoms with Crippen LogP contribution in [-0.2, 0) is 0 Å². The molecule has 0 radical (unpaired) electrons. The zero-order valence-corrected chi connectivity index (χ0v) is 31.1. The summed E-state index contributed by atoms with van der Waals surface area (Å²) in [5.74, 6) is 0.361. The van der Waals surface area contributed by atoms with Crippen LogP contribution in [0.15, 0.2) is 147 Å². The summed E-state index contributed by atoms with van der Waals surface area (Å²) in [6.07, 6.45) is 19.1. The van der Waals surface area contributed by atoms with Crippen LogP contribution in [0.3, 0.4) is 0 Å². The van der Waals surface area contributed by atoms with Crippen LogP contribution in [0, 0.1) is 5.92 Å². The van der Waals surface area contributed by atoms with Crippen molar-refractivity contribution in [1.29, 1.82) is 0 Å². The first kappa shape index (κ1) is 33.9. The molecule has 260 valence electrons. The van der Waals surface area contributed by atoms with Gasteiger partial charge in [-0.15, -0.1) is 11.3 Å². The van der Waals surface area contributed by atoms with Gasteiger partial charge in [0.05, 0.1) is 34.0 Å². The van der Waals surface area contributed by atoms with Crippen LogP contribution in [0.4, 0.5) is 17.1 Å². The first-order chi connectivity index (χ1) is 25.9. The third kappa shape index (κ3) is 5.81. The van der Waals surface area contributed by atoms with Gasteiger partial charge in [-0.1, -0.05) is 86.9 Å². The summed E-state index contributed by atoms with van der Waals surface area (Å²) in [6.45, 7) is 12.2. The minimum absolute atomic E-state index is 0.361. The predicted molar refractivity (Wildman–Crippen MR) is 230 cm³/mol. The Bertz CT molecular complexity index is 2670. The summed E-state index contributed by atoms with van der Waals surface area (Å²) in [5, 5.41) is 3.44. The van der Waals surface area contributed by atoms with E-state index in [0.717, 1.165) is 73.9 Å². The minimum atomic E-state index is 0.361. The molecular formula is C47H41N5S. The standard InChI is InChI=1S/C47H41N5S/c1-6-14-31(8-3)32-16-13-17-33(28-32)51(5)40-24-22-35-36-23-25-41-44(47(36)53-46(35)43(40)39-19-10-12-27-50-39)45(48)42(15-7-2)52(41)34-21-20-30(4)37(29-34)38-18-9-11-26-49-38/h6-19,21-30H,1,3,20,48H2,2,4-5H3/b15-7-,31-14+. The number of nitrogens with two attached hydrogens (primary N) is 1. The van der Waals surface area contributed by atoms with Crippen LogP contribution in [0.1, 0.15) is 37.2 Å². The summed E-state index contributed by atoms with van der Waals surface area (Å²) < 4.78 is 4.67. The fourth-order valence-corrected chi connectivity index (χ4v) is 9.00. The minimum Gasteiger partial charge on any atom is -0.396 e. The molecule has 1 aliphatic rings. The Morgan fingerprint density at radius 3 is 2.40 bits per heavy atom. The maximum absolute atomic E-state index is 7.20. The number of benzene rings is 3. The molecule has 0 aliphatic heterocycles. The molecule has 1 atom stereocenters. The molecule has 3 aromatic carbocycles. The Morgan fingerprint density at radius 1 is 0.925 bits per heavy atom. The molecule has 1 unspecified atom stereocenters. The van der Waals surface area contributed by atoms with Gasteiger partial charge in [-0.3, -0.25) is 9.97 Å². The fraction of sp³-hybridized carbons (Fsp3) is 0.106. The smallest absolute Gasteiger partial charge is 0.0737 e. The molecule has 4 aromatic heterocycles. The Balaban J connectivity index is 1.36. The topological polar surface area (TPSA) is 60.0 Å². The van der Waals surface area contributed by atoms with E-state index in [9.17, 15) is 0 Å². The van der Waals surface area contributed by atoms with Crippen molar-refractivity contribution in [2.75, 3.05) is 17.7 Å². The second-order valence-corrected chi connectivity index (χ2v) is 14.4. The Hall–Kier alpha value is -6.24. The normalized spacial score (nSPS) is 14.9. The predicted octanol–water partition coefficient (Wildman–Crippen LogP) is 12.6. The fourth-order valence-electron chi connectivity index (χ4n) is 7.59. The number of rotatable bonds is 9. The van der Waals surface area contributed by atoms with E-state index in [1.54, 1.807) is 17.4 Å². The quantitative estimate of drug-likeness (QED) is 0.152. The highest BCUT2D eigenvalue weighted by atomic mass is 32.1. The molecule has 5 nitrogen and oxygen atoms in total. The van der Waals surface area contributed by atoms with E-state index in [0.29, 0.717) is 5.92 Å². The third-order valence-electron chi connectivity index (χ3n) is 10.2. The van der Waals surface area contributed by atoms with Gasteiger partial charge < -0.3 is 15.2 Å². The monoisotopic (exact) mass is 707 g/mol. The average Bonchev–Trinajstić information content (AvgIpc) is 3.71. The number of hydrogen-bond donors (Lipinski definition) is 1. The van der Waals surface area contributed by atoms with E-state index in [-0.39, 0.29) is 0 Å². The molecule has 53 heavy (non-hydrogen) atoms. The van der Waals surface area contributed by atoms with Crippen molar-refractivity contribution in [2.24, 2.45) is 5.92 Å². The van der Waals surface area contributed by atoms with Crippen molar-refractivity contribution >= 4 is 82.4 Å². The number of aromatic nitrogens is 3. The van der Waals surface area contributed by atoms with E-state index >= 15 is 0 Å². The summed E-state index contributed by atoms with van der Waals surface area (Å²) in [7, 11) is 2.12. The molecule has 0 bridgehead atoms. The zero-order chi connectivity index (χ0) is 36.6. The first-order valence-electron chi connectivity index (χ1n) is 17.9. The SMILES string of the molecule is C=C/C=C(\C=C)c1cccc(N(C)c2ccc3c(sc4c3ccc3c4c(N)c(/C=C\C)n3C3=CCC(C)C(c4ccccn4)=C3)c2-c2ccccn2)c1. The number of thiophene rings is 1. The van der Waals surface area contributed by atoms with Crippen LogP contribution in [0.25, 0.3) is 65.3 Å². The van der Waals surface area contributed by atoms with Crippen LogP contribution in [-0.4, -0.2) is 21.6 Å². The molecule has 0 fully saturated rings. The van der Waals surface area contributed by atoms with E-state index in [1.807, 2.05) is 43.6 Å². The number of nitrogen functional groups attached to an aromatic ring is 1. The van der Waals surface area contributed by atoms with Gasteiger partial charge in [0, 0.05) is 61.9 Å². The van der Waals surface area contributed by atoms with Gasteiger partial charge in [0.1, 0.15) is 0 Å². The summed E-state index contributed by atoms with van der Waals surface area (Å²) >= 11 is 1.79. The highest BCUT2D eigenvalue weighted by Crippen LogP contribution is 2.49. The largest absolute Gasteiger partial charge is 0.396 e. The summed E-state index contributed by atoms with van der Waals surface area (Å²) in [6, 6.07) is 29.7. The van der Waals surface area contributed by atoms with Gasteiger partial charge >= 0.3 is 0 Å². The van der Waals surface area contributed by atoms with Crippen LogP contribution < -0.4 is 10.6 Å². The van der Waals surface area contributed by atoms with E-state index < -0.39 is 0 Å². The van der Waals surface area contributed by atoms with Crippen molar-refractivity contribution in [1.82, 2.24) is 14.5 Å². The van der Waals surface area contributed by atoms with Crippen molar-refractivity contribution in [3.8, 4) is 11.3 Å². The van der Waals surface area contributed by atoms with Gasteiger partial charge in [0.15, 0.2) is 0 Å². The lowest BCUT2D eigenvalue weighted by Crippen LogP contribution is -2.11. The van der Waals surface area contributed by atoms with E-state index in [2.05, 4.69) is 134 Å². The molecule has 7 aromatic rings. The van der Waals surface area contributed by atoms with Gasteiger partial charge in [-0.05, 0) is 96.7 Å². The number of anilines is 3. The number of hydrogen-bond acceptors (Lipinski definition) is 5. The third-order valence-corrected chi connectivity index (χ3v) is 11.5. The lowest BCUT2D eigenvalue weighted by Gasteiger charge is -2.24. The van der Waals surface area contributed by atoms with Crippen molar-refractivity contribution in [3.05, 3.63) is 164 Å². The summed E-state index contributed by atoms with van der Waals surface area (Å²) in [5.41, 5.74) is 19.7. The molecule has 6 heteroatoms.